The summed E-state index contributed by atoms with van der Waals surface area (Å²) in [6, 6.07) is 1.75. The minimum Gasteiger partial charge on any atom is -0.479 e. The first-order valence-electron chi connectivity index (χ1n) is 5.48. The van der Waals surface area contributed by atoms with E-state index < -0.39 is 44.3 Å². The number of carboxylic acids is 1. The number of hydrogen-bond donors (Lipinski definition) is 2. The molecule has 0 spiro atoms. The molecule has 118 valence electrons. The molecule has 0 fully saturated rings. The molecule has 0 atom stereocenters. The molecule has 1 aromatic carbocycles. The highest BCUT2D eigenvalue weighted by atomic mass is 32.2. The van der Waals surface area contributed by atoms with Gasteiger partial charge >= 0.3 is 5.97 Å². The summed E-state index contributed by atoms with van der Waals surface area (Å²) in [7, 11) is -4.66. The first-order valence-corrected chi connectivity index (χ1v) is 6.96. The van der Waals surface area contributed by atoms with Crippen molar-refractivity contribution in [2.24, 2.45) is 0 Å². The maximum atomic E-state index is 13.5. The summed E-state index contributed by atoms with van der Waals surface area (Å²) in [6.07, 6.45) is -2.99. The van der Waals surface area contributed by atoms with Gasteiger partial charge in [0.1, 0.15) is 10.7 Å². The first kappa shape index (κ1) is 17.4. The van der Waals surface area contributed by atoms with Crippen LogP contribution in [0, 0.1) is 5.82 Å². The predicted octanol–water partition coefficient (Wildman–Crippen LogP) is 1.84. The largest absolute Gasteiger partial charge is 0.479 e. The van der Waals surface area contributed by atoms with Crippen LogP contribution in [-0.2, 0) is 19.7 Å². The highest BCUT2D eigenvalue weighted by molar-refractivity contribution is 7.89. The van der Waals surface area contributed by atoms with Crippen molar-refractivity contribution in [3.05, 3.63) is 29.6 Å². The Bertz CT molecular complexity index is 645. The van der Waals surface area contributed by atoms with Gasteiger partial charge in [-0.15, -0.1) is 0 Å². The van der Waals surface area contributed by atoms with E-state index in [0.29, 0.717) is 12.1 Å². The van der Waals surface area contributed by atoms with Crippen LogP contribution in [0.25, 0.3) is 0 Å². The summed E-state index contributed by atoms with van der Waals surface area (Å²) in [6.45, 7) is 2.09. The molecule has 6 nitrogen and oxygen atoms in total. The normalized spacial score (nSPS) is 12.7. The molecule has 0 saturated carbocycles. The van der Waals surface area contributed by atoms with Crippen molar-refractivity contribution >= 4 is 16.0 Å². The van der Waals surface area contributed by atoms with Gasteiger partial charge in [0.15, 0.2) is 5.60 Å². The molecule has 2 N–H and O–H groups in total. The van der Waals surface area contributed by atoms with Crippen molar-refractivity contribution in [2.75, 3.05) is 0 Å². The molecule has 0 heterocycles. The van der Waals surface area contributed by atoms with Crippen LogP contribution in [0.2, 0.25) is 0 Å². The van der Waals surface area contributed by atoms with E-state index in [1.54, 1.807) is 0 Å². The highest BCUT2D eigenvalue weighted by Crippen LogP contribution is 2.24. The molecule has 21 heavy (non-hydrogen) atoms. The van der Waals surface area contributed by atoms with Crippen molar-refractivity contribution in [1.82, 2.24) is 4.89 Å². The molecule has 0 amide bonds. The lowest BCUT2D eigenvalue weighted by atomic mass is 10.1. The molecule has 0 bridgehead atoms. The van der Waals surface area contributed by atoms with E-state index in [0.717, 1.165) is 19.9 Å². The SMILES string of the molecule is CC(C)(ONS(=O)(=O)c1cc(C(F)F)ccc1F)C(=O)O. The standard InChI is InChI=1S/C11H12F3NO5S/c1-11(2,10(16)17)20-15-21(18,19)8-5-6(9(13)14)3-4-7(8)12/h3-5,9,15H,1-2H3,(H,16,17). The topological polar surface area (TPSA) is 92.7 Å². The molecule has 1 aromatic rings. The Hall–Kier alpha value is -1.65. The molecule has 0 aromatic heterocycles. The third kappa shape index (κ3) is 4.16. The van der Waals surface area contributed by atoms with E-state index in [1.807, 2.05) is 0 Å². The van der Waals surface area contributed by atoms with Crippen molar-refractivity contribution in [3.63, 3.8) is 0 Å². The zero-order chi connectivity index (χ0) is 16.4. The van der Waals surface area contributed by atoms with Gasteiger partial charge in [0.05, 0.1) is 0 Å². The first-order chi connectivity index (χ1) is 9.47. The van der Waals surface area contributed by atoms with E-state index in [4.69, 9.17) is 5.11 Å². The van der Waals surface area contributed by atoms with Crippen LogP contribution in [0.4, 0.5) is 13.2 Å². The lowest BCUT2D eigenvalue weighted by molar-refractivity contribution is -0.165. The number of sulfonamides is 1. The number of rotatable bonds is 6. The van der Waals surface area contributed by atoms with Gasteiger partial charge in [-0.2, -0.15) is 0 Å². The lowest BCUT2D eigenvalue weighted by Crippen LogP contribution is -2.42. The Morgan fingerprint density at radius 2 is 1.95 bits per heavy atom. The number of carboxylic acid groups (broad SMARTS) is 1. The van der Waals surface area contributed by atoms with Gasteiger partial charge < -0.3 is 5.11 Å². The average molecular weight is 327 g/mol. The molecule has 1 rings (SSSR count). The van der Waals surface area contributed by atoms with Gasteiger partial charge in [-0.25, -0.2) is 26.4 Å². The second-order valence-electron chi connectivity index (χ2n) is 4.49. The average Bonchev–Trinajstić information content (AvgIpc) is 2.36. The maximum Gasteiger partial charge on any atom is 0.337 e. The summed E-state index contributed by atoms with van der Waals surface area (Å²) in [5.74, 6) is -2.75. The monoisotopic (exact) mass is 327 g/mol. The van der Waals surface area contributed by atoms with Crippen LogP contribution in [0.1, 0.15) is 25.8 Å². The van der Waals surface area contributed by atoms with E-state index in [-0.39, 0.29) is 0 Å². The minimum atomic E-state index is -4.66. The third-order valence-electron chi connectivity index (χ3n) is 2.42. The fourth-order valence-electron chi connectivity index (χ4n) is 1.11. The Kier molecular flexibility index (Phi) is 4.97. The molecule has 0 aliphatic carbocycles. The molecule has 0 saturated heterocycles. The van der Waals surface area contributed by atoms with Crippen LogP contribution in [0.15, 0.2) is 23.1 Å². The number of carbonyl (C=O) groups is 1. The molecule has 0 radical (unpaired) electrons. The molecule has 10 heteroatoms. The predicted molar refractivity (Wildman–Crippen MR) is 64.5 cm³/mol. The van der Waals surface area contributed by atoms with Crippen molar-refractivity contribution in [1.29, 1.82) is 0 Å². The highest BCUT2D eigenvalue weighted by Gasteiger charge is 2.32. The maximum absolute atomic E-state index is 13.5. The number of nitrogens with one attached hydrogen (secondary N) is 1. The van der Waals surface area contributed by atoms with Gasteiger partial charge in [0.2, 0.25) is 0 Å². The second kappa shape index (κ2) is 6.00. The molecule has 0 aliphatic rings. The fraction of sp³-hybridized carbons (Fsp3) is 0.364. The Labute approximate surface area is 118 Å². The Morgan fingerprint density at radius 1 is 1.38 bits per heavy atom. The Balaban J connectivity index is 3.09. The second-order valence-corrected chi connectivity index (χ2v) is 6.11. The number of aliphatic carboxylic acids is 1. The summed E-state index contributed by atoms with van der Waals surface area (Å²) in [5.41, 5.74) is -2.63. The van der Waals surface area contributed by atoms with E-state index in [2.05, 4.69) is 4.84 Å². The summed E-state index contributed by atoms with van der Waals surface area (Å²) in [4.78, 5) is 15.6. The lowest BCUT2D eigenvalue weighted by Gasteiger charge is -2.19. The Morgan fingerprint density at radius 3 is 2.43 bits per heavy atom. The zero-order valence-corrected chi connectivity index (χ0v) is 11.7. The molecule has 0 aliphatic heterocycles. The van der Waals surface area contributed by atoms with Crippen LogP contribution in [0.5, 0.6) is 0 Å². The molecule has 0 unspecified atom stereocenters. The number of hydrogen-bond acceptors (Lipinski definition) is 4. The summed E-state index contributed by atoms with van der Waals surface area (Å²) in [5, 5.41) is 8.75. The number of benzene rings is 1. The van der Waals surface area contributed by atoms with Gasteiger partial charge in [-0.1, -0.05) is 11.0 Å². The third-order valence-corrected chi connectivity index (χ3v) is 3.61. The van der Waals surface area contributed by atoms with Crippen molar-refractivity contribution < 1.29 is 36.3 Å². The number of alkyl halides is 2. The van der Waals surface area contributed by atoms with Crippen LogP contribution < -0.4 is 4.89 Å². The van der Waals surface area contributed by atoms with E-state index in [1.165, 1.54) is 4.89 Å². The van der Waals surface area contributed by atoms with Crippen LogP contribution in [0.3, 0.4) is 0 Å². The van der Waals surface area contributed by atoms with Crippen molar-refractivity contribution in [3.8, 4) is 0 Å². The van der Waals surface area contributed by atoms with Gasteiger partial charge in [0, 0.05) is 5.56 Å². The van der Waals surface area contributed by atoms with Gasteiger partial charge in [-0.3, -0.25) is 4.84 Å². The van der Waals surface area contributed by atoms with Crippen LogP contribution >= 0.6 is 0 Å². The quantitative estimate of drug-likeness (QED) is 0.778. The van der Waals surface area contributed by atoms with Gasteiger partial charge in [0.25, 0.3) is 16.4 Å². The van der Waals surface area contributed by atoms with Crippen molar-refractivity contribution in [2.45, 2.75) is 30.8 Å². The zero-order valence-electron chi connectivity index (χ0n) is 10.9. The summed E-state index contributed by atoms with van der Waals surface area (Å²) >= 11 is 0. The van der Waals surface area contributed by atoms with E-state index >= 15 is 0 Å². The van der Waals surface area contributed by atoms with Crippen LogP contribution in [-0.4, -0.2) is 25.1 Å². The smallest absolute Gasteiger partial charge is 0.337 e. The molecular weight excluding hydrogens is 315 g/mol. The number of halogens is 3. The van der Waals surface area contributed by atoms with E-state index in [9.17, 15) is 26.4 Å². The minimum absolute atomic E-state index is 0.444. The fourth-order valence-corrected chi connectivity index (χ4v) is 2.13. The summed E-state index contributed by atoms with van der Waals surface area (Å²) < 4.78 is 62.0. The molecular formula is C11H12F3NO5S. The van der Waals surface area contributed by atoms with Gasteiger partial charge in [-0.05, 0) is 26.0 Å².